The summed E-state index contributed by atoms with van der Waals surface area (Å²) >= 11 is 0. The van der Waals surface area contributed by atoms with Crippen molar-refractivity contribution in [3.05, 3.63) is 35.9 Å². The fraction of sp³-hybridized carbons (Fsp3) is 0.438. The van der Waals surface area contributed by atoms with Gasteiger partial charge in [-0.1, -0.05) is 30.3 Å². The molecule has 1 amide bonds. The largest absolute Gasteiger partial charge is 0.515 e. The zero-order valence-corrected chi connectivity index (χ0v) is 12.5. The molecular formula is C16H19NO5. The van der Waals surface area contributed by atoms with Gasteiger partial charge in [0.1, 0.15) is 0 Å². The number of ether oxygens (including phenoxy) is 2. The monoisotopic (exact) mass is 305 g/mol. The third-order valence-electron chi connectivity index (χ3n) is 3.63. The molecule has 0 spiro atoms. The van der Waals surface area contributed by atoms with Crippen LogP contribution in [-0.2, 0) is 25.6 Å². The van der Waals surface area contributed by atoms with Crippen LogP contribution in [0, 0.1) is 5.92 Å². The van der Waals surface area contributed by atoms with Gasteiger partial charge in [0.2, 0.25) is 5.91 Å². The maximum atomic E-state index is 12.4. The number of rotatable bonds is 4. The molecule has 1 fully saturated rings. The Kier molecular flexibility index (Phi) is 5.52. The van der Waals surface area contributed by atoms with Crippen LogP contribution in [-0.4, -0.2) is 36.6 Å². The number of likely N-dealkylation sites (tertiary alicyclic amines) is 1. The molecule has 2 rings (SSSR count). The van der Waals surface area contributed by atoms with Gasteiger partial charge in [0.15, 0.2) is 0 Å². The molecule has 1 unspecified atom stereocenters. The Morgan fingerprint density at radius 3 is 2.68 bits per heavy atom. The highest BCUT2D eigenvalue weighted by Gasteiger charge is 2.31. The predicted octanol–water partition coefficient (Wildman–Crippen LogP) is 2.12. The molecule has 1 aliphatic heterocycles. The number of nitrogens with zero attached hydrogens (tertiary/aromatic N) is 1. The van der Waals surface area contributed by atoms with Gasteiger partial charge in [0, 0.05) is 19.0 Å². The van der Waals surface area contributed by atoms with Gasteiger partial charge in [-0.3, -0.25) is 9.59 Å². The van der Waals surface area contributed by atoms with E-state index in [1.54, 1.807) is 4.90 Å². The molecule has 0 aliphatic carbocycles. The second kappa shape index (κ2) is 7.59. The Bertz CT molecular complexity index is 543. The van der Waals surface area contributed by atoms with Gasteiger partial charge in [0.05, 0.1) is 13.5 Å². The van der Waals surface area contributed by atoms with Crippen molar-refractivity contribution in [3.8, 4) is 0 Å². The van der Waals surface area contributed by atoms with Crippen LogP contribution in [0.5, 0.6) is 0 Å². The molecule has 1 atom stereocenters. The van der Waals surface area contributed by atoms with Gasteiger partial charge in [0.25, 0.3) is 0 Å². The molecule has 0 N–H and O–H groups in total. The number of esters is 1. The SMILES string of the molecule is COC(=O)OC(=O)CC1CCCN(Cc2ccccc2)C1=O. The van der Waals surface area contributed by atoms with E-state index in [2.05, 4.69) is 9.47 Å². The van der Waals surface area contributed by atoms with Gasteiger partial charge in [-0.2, -0.15) is 0 Å². The van der Waals surface area contributed by atoms with E-state index < -0.39 is 18.0 Å². The minimum absolute atomic E-state index is 0.0723. The Morgan fingerprint density at radius 2 is 2.00 bits per heavy atom. The van der Waals surface area contributed by atoms with Gasteiger partial charge < -0.3 is 14.4 Å². The first-order valence-electron chi connectivity index (χ1n) is 7.21. The number of carbonyl (C=O) groups is 3. The molecule has 6 nitrogen and oxygen atoms in total. The summed E-state index contributed by atoms with van der Waals surface area (Å²) in [5, 5.41) is 0. The van der Waals surface area contributed by atoms with Gasteiger partial charge >= 0.3 is 12.1 Å². The van der Waals surface area contributed by atoms with E-state index >= 15 is 0 Å². The maximum absolute atomic E-state index is 12.4. The number of piperidine rings is 1. The molecule has 0 aromatic heterocycles. The predicted molar refractivity (Wildman–Crippen MR) is 77.7 cm³/mol. The lowest BCUT2D eigenvalue weighted by Crippen LogP contribution is -2.41. The average Bonchev–Trinajstić information content (AvgIpc) is 2.52. The lowest BCUT2D eigenvalue weighted by molar-refractivity contribution is -0.148. The Balaban J connectivity index is 1.92. The molecule has 1 saturated heterocycles. The highest BCUT2D eigenvalue weighted by atomic mass is 16.7. The summed E-state index contributed by atoms with van der Waals surface area (Å²) in [6.45, 7) is 1.21. The minimum Gasteiger partial charge on any atom is -0.437 e. The molecule has 1 aromatic carbocycles. The van der Waals surface area contributed by atoms with Crippen molar-refractivity contribution >= 4 is 18.0 Å². The first-order valence-corrected chi connectivity index (χ1v) is 7.21. The second-order valence-electron chi connectivity index (χ2n) is 5.22. The van der Waals surface area contributed by atoms with Gasteiger partial charge in [-0.05, 0) is 18.4 Å². The van der Waals surface area contributed by atoms with Crippen LogP contribution < -0.4 is 0 Å². The van der Waals surface area contributed by atoms with Crippen molar-refractivity contribution in [3.63, 3.8) is 0 Å². The van der Waals surface area contributed by atoms with Crippen LogP contribution in [0.4, 0.5) is 4.79 Å². The first-order chi connectivity index (χ1) is 10.6. The summed E-state index contributed by atoms with van der Waals surface area (Å²) in [4.78, 5) is 36.7. The summed E-state index contributed by atoms with van der Waals surface area (Å²) in [5.41, 5.74) is 1.05. The minimum atomic E-state index is -1.05. The summed E-state index contributed by atoms with van der Waals surface area (Å²) in [7, 11) is 1.13. The van der Waals surface area contributed by atoms with E-state index in [1.807, 2.05) is 30.3 Å². The molecule has 0 saturated carbocycles. The number of methoxy groups -OCH3 is 1. The highest BCUT2D eigenvalue weighted by Crippen LogP contribution is 2.23. The molecule has 6 heteroatoms. The van der Waals surface area contributed by atoms with Crippen LogP contribution >= 0.6 is 0 Å². The summed E-state index contributed by atoms with van der Waals surface area (Å²) in [5.74, 6) is -1.24. The van der Waals surface area contributed by atoms with E-state index in [0.717, 1.165) is 19.1 Å². The molecular weight excluding hydrogens is 286 g/mol. The molecule has 1 aromatic rings. The van der Waals surface area contributed by atoms with E-state index in [1.165, 1.54) is 0 Å². The first kappa shape index (κ1) is 16.0. The molecule has 1 heterocycles. The van der Waals surface area contributed by atoms with Crippen LogP contribution in [0.15, 0.2) is 30.3 Å². The van der Waals surface area contributed by atoms with Crippen molar-refractivity contribution in [1.29, 1.82) is 0 Å². The number of hydrogen-bond donors (Lipinski definition) is 0. The van der Waals surface area contributed by atoms with Crippen LogP contribution in [0.3, 0.4) is 0 Å². The van der Waals surface area contributed by atoms with E-state index in [4.69, 9.17) is 0 Å². The normalized spacial score (nSPS) is 18.0. The Hall–Kier alpha value is -2.37. The van der Waals surface area contributed by atoms with Crippen LogP contribution in [0.1, 0.15) is 24.8 Å². The van der Waals surface area contributed by atoms with E-state index in [-0.39, 0.29) is 12.3 Å². The number of hydrogen-bond acceptors (Lipinski definition) is 5. The standard InChI is InChI=1S/C16H19NO5/c1-21-16(20)22-14(18)10-13-8-5-9-17(15(13)19)11-12-6-3-2-4-7-12/h2-4,6-7,13H,5,8-11H2,1H3. The fourth-order valence-electron chi connectivity index (χ4n) is 2.55. The number of amides is 1. The third-order valence-corrected chi connectivity index (χ3v) is 3.63. The lowest BCUT2D eigenvalue weighted by Gasteiger charge is -2.32. The zero-order valence-electron chi connectivity index (χ0n) is 12.5. The molecule has 22 heavy (non-hydrogen) atoms. The lowest BCUT2D eigenvalue weighted by atomic mass is 9.93. The number of carbonyl (C=O) groups excluding carboxylic acids is 3. The Labute approximate surface area is 129 Å². The molecule has 118 valence electrons. The highest BCUT2D eigenvalue weighted by molar-refractivity contribution is 5.87. The van der Waals surface area contributed by atoms with Gasteiger partial charge in [-0.25, -0.2) is 4.79 Å². The molecule has 1 aliphatic rings. The smallest absolute Gasteiger partial charge is 0.437 e. The molecule has 0 bridgehead atoms. The van der Waals surface area contributed by atoms with Crippen molar-refractivity contribution in [2.75, 3.05) is 13.7 Å². The summed E-state index contributed by atoms with van der Waals surface area (Å²) < 4.78 is 8.69. The summed E-state index contributed by atoms with van der Waals surface area (Å²) in [6, 6.07) is 9.70. The van der Waals surface area contributed by atoms with Crippen molar-refractivity contribution in [1.82, 2.24) is 4.90 Å². The van der Waals surface area contributed by atoms with Crippen LogP contribution in [0.2, 0.25) is 0 Å². The van der Waals surface area contributed by atoms with Crippen LogP contribution in [0.25, 0.3) is 0 Å². The maximum Gasteiger partial charge on any atom is 0.515 e. The quantitative estimate of drug-likeness (QED) is 0.629. The van der Waals surface area contributed by atoms with Crippen molar-refractivity contribution in [2.24, 2.45) is 5.92 Å². The third kappa shape index (κ3) is 4.31. The Morgan fingerprint density at radius 1 is 1.27 bits per heavy atom. The van der Waals surface area contributed by atoms with E-state index in [9.17, 15) is 14.4 Å². The van der Waals surface area contributed by atoms with E-state index in [0.29, 0.717) is 19.5 Å². The van der Waals surface area contributed by atoms with Crippen molar-refractivity contribution < 1.29 is 23.9 Å². The zero-order chi connectivity index (χ0) is 15.9. The summed E-state index contributed by atoms with van der Waals surface area (Å²) in [6.07, 6.45) is 0.309. The average molecular weight is 305 g/mol. The number of benzene rings is 1. The topological polar surface area (TPSA) is 72.9 Å². The van der Waals surface area contributed by atoms with Gasteiger partial charge in [-0.15, -0.1) is 0 Å². The fourth-order valence-corrected chi connectivity index (χ4v) is 2.55. The molecule has 0 radical (unpaired) electrons. The second-order valence-corrected chi connectivity index (χ2v) is 5.22. The van der Waals surface area contributed by atoms with Crippen molar-refractivity contribution in [2.45, 2.75) is 25.8 Å².